The van der Waals surface area contributed by atoms with Crippen LogP contribution in [0, 0.1) is 25.1 Å². The Morgan fingerprint density at radius 3 is 2.64 bits per heavy atom. The third kappa shape index (κ3) is 4.78. The number of nitrogens with one attached hydrogen (secondary N) is 1. The first-order valence-electron chi connectivity index (χ1n) is 11.3. The summed E-state index contributed by atoms with van der Waals surface area (Å²) in [5, 5.41) is 0. The second-order valence-electron chi connectivity index (χ2n) is 9.50. The molecular weight excluding hydrogens is 447 g/mol. The van der Waals surface area contributed by atoms with Crippen LogP contribution in [0.15, 0.2) is 30.3 Å². The molecule has 178 valence electrons. The lowest BCUT2D eigenvalue weighted by molar-refractivity contribution is -0.138. The highest BCUT2D eigenvalue weighted by atomic mass is 32.2. The maximum atomic E-state index is 15.7. The van der Waals surface area contributed by atoms with Crippen LogP contribution in [-0.4, -0.2) is 46.1 Å². The van der Waals surface area contributed by atoms with Gasteiger partial charge in [0.2, 0.25) is 5.91 Å². The number of alkyl halides is 2. The molecule has 4 nitrogen and oxygen atoms in total. The van der Waals surface area contributed by atoms with Crippen LogP contribution < -0.4 is 4.72 Å². The summed E-state index contributed by atoms with van der Waals surface area (Å²) in [5.41, 5.74) is 2.32. The van der Waals surface area contributed by atoms with Crippen molar-refractivity contribution in [3.8, 4) is 11.3 Å². The van der Waals surface area contributed by atoms with Gasteiger partial charge in [0.05, 0.1) is 18.3 Å². The molecule has 1 amide bonds. The molecule has 2 aromatic rings. The smallest absolute Gasteiger partial charge is 0.283 e. The SMILES string of the molecule is CCSN[C@@H]1[C@H](Cc2cccc(-c3cc(C)cc(C)n3)c2F)N(C(=O)C2(C)CC2)CC1(F)F. The monoisotopic (exact) mass is 477 g/mol. The van der Waals surface area contributed by atoms with Gasteiger partial charge in [-0.2, -0.15) is 0 Å². The summed E-state index contributed by atoms with van der Waals surface area (Å²) in [6.07, 6.45) is 1.40. The first-order valence-corrected chi connectivity index (χ1v) is 12.3. The highest BCUT2D eigenvalue weighted by Gasteiger charge is 2.59. The standard InChI is InChI=1S/C25H30F3N3OS/c1-5-33-30-22-20(31(14-25(22,27)28)23(32)24(4)9-10-24)13-17-7-6-8-18(21(17)26)19-12-15(2)11-16(3)29-19/h6-8,11-12,20,22,30H,5,9-10,13-14H2,1-4H3/t20-,22+/m0/s1. The molecule has 0 bridgehead atoms. The van der Waals surface area contributed by atoms with Gasteiger partial charge in [0.1, 0.15) is 11.9 Å². The summed E-state index contributed by atoms with van der Waals surface area (Å²) >= 11 is 1.19. The number of nitrogens with zero attached hydrogens (tertiary/aromatic N) is 2. The molecule has 1 saturated carbocycles. The lowest BCUT2D eigenvalue weighted by Crippen LogP contribution is -2.49. The normalized spacial score (nSPS) is 23.1. The van der Waals surface area contributed by atoms with E-state index in [4.69, 9.17) is 0 Å². The molecule has 4 rings (SSSR count). The number of aryl methyl sites for hydroxylation is 2. The van der Waals surface area contributed by atoms with E-state index >= 15 is 13.2 Å². The van der Waals surface area contributed by atoms with Crippen LogP contribution in [-0.2, 0) is 11.2 Å². The van der Waals surface area contributed by atoms with E-state index < -0.39 is 35.8 Å². The van der Waals surface area contributed by atoms with Gasteiger partial charge in [0.25, 0.3) is 5.92 Å². The molecule has 1 aliphatic heterocycles. The van der Waals surface area contributed by atoms with Gasteiger partial charge in [0.15, 0.2) is 0 Å². The van der Waals surface area contributed by atoms with Crippen LogP contribution in [0.3, 0.4) is 0 Å². The van der Waals surface area contributed by atoms with E-state index in [1.807, 2.05) is 39.8 Å². The maximum Gasteiger partial charge on any atom is 0.283 e. The molecule has 1 aliphatic carbocycles. The van der Waals surface area contributed by atoms with Crippen LogP contribution in [0.5, 0.6) is 0 Å². The lowest BCUT2D eigenvalue weighted by atomic mass is 9.95. The fraction of sp³-hybridized carbons (Fsp3) is 0.520. The van der Waals surface area contributed by atoms with E-state index in [2.05, 4.69) is 9.71 Å². The molecule has 2 aliphatic rings. The van der Waals surface area contributed by atoms with Gasteiger partial charge >= 0.3 is 0 Å². The van der Waals surface area contributed by atoms with Gasteiger partial charge in [-0.25, -0.2) is 13.2 Å². The minimum atomic E-state index is -3.10. The van der Waals surface area contributed by atoms with Crippen molar-refractivity contribution in [1.29, 1.82) is 0 Å². The molecule has 1 saturated heterocycles. The molecule has 0 unspecified atom stereocenters. The van der Waals surface area contributed by atoms with E-state index in [9.17, 15) is 4.79 Å². The predicted molar refractivity (Wildman–Crippen MR) is 126 cm³/mol. The minimum absolute atomic E-state index is 0.00379. The zero-order valence-corrected chi connectivity index (χ0v) is 20.2. The Bertz CT molecular complexity index is 1040. The zero-order valence-electron chi connectivity index (χ0n) is 19.4. The van der Waals surface area contributed by atoms with Crippen molar-refractivity contribution in [2.75, 3.05) is 12.3 Å². The van der Waals surface area contributed by atoms with Gasteiger partial charge in [-0.05, 0) is 62.4 Å². The van der Waals surface area contributed by atoms with Crippen LogP contribution >= 0.6 is 11.9 Å². The summed E-state index contributed by atoms with van der Waals surface area (Å²) < 4.78 is 48.7. The van der Waals surface area contributed by atoms with Crippen LogP contribution in [0.2, 0.25) is 0 Å². The highest BCUT2D eigenvalue weighted by molar-refractivity contribution is 7.97. The average molecular weight is 478 g/mol. The van der Waals surface area contributed by atoms with Crippen molar-refractivity contribution in [2.45, 2.75) is 65.0 Å². The predicted octanol–water partition coefficient (Wildman–Crippen LogP) is 5.32. The number of hydrogen-bond acceptors (Lipinski definition) is 4. The molecule has 33 heavy (non-hydrogen) atoms. The molecule has 2 atom stereocenters. The van der Waals surface area contributed by atoms with Gasteiger partial charge in [0, 0.05) is 22.4 Å². The zero-order chi connectivity index (χ0) is 24.0. The number of likely N-dealkylation sites (tertiary alicyclic amines) is 1. The van der Waals surface area contributed by atoms with Crippen molar-refractivity contribution in [1.82, 2.24) is 14.6 Å². The summed E-state index contributed by atoms with van der Waals surface area (Å²) in [6, 6.07) is 6.61. The molecule has 2 fully saturated rings. The molecule has 2 heterocycles. The largest absolute Gasteiger partial charge is 0.331 e. The van der Waals surface area contributed by atoms with E-state index in [0.29, 0.717) is 35.4 Å². The molecule has 1 aromatic carbocycles. The van der Waals surface area contributed by atoms with Crippen LogP contribution in [0.1, 0.15) is 43.5 Å². The Morgan fingerprint density at radius 1 is 1.27 bits per heavy atom. The van der Waals surface area contributed by atoms with Crippen molar-refractivity contribution in [3.63, 3.8) is 0 Å². The quantitative estimate of drug-likeness (QED) is 0.549. The number of halogens is 3. The molecule has 1 N–H and O–H groups in total. The first-order chi connectivity index (χ1) is 15.6. The number of amides is 1. The topological polar surface area (TPSA) is 45.2 Å². The number of pyridine rings is 1. The third-order valence-electron chi connectivity index (χ3n) is 6.63. The van der Waals surface area contributed by atoms with Crippen molar-refractivity contribution in [2.24, 2.45) is 5.41 Å². The van der Waals surface area contributed by atoms with E-state index in [1.54, 1.807) is 18.2 Å². The number of rotatable bonds is 7. The van der Waals surface area contributed by atoms with Crippen molar-refractivity contribution >= 4 is 17.9 Å². The third-order valence-corrected chi connectivity index (χ3v) is 7.34. The Balaban J connectivity index is 1.70. The number of hydrogen-bond donors (Lipinski definition) is 1. The molecular formula is C25H30F3N3OS. The van der Waals surface area contributed by atoms with Crippen molar-refractivity contribution < 1.29 is 18.0 Å². The van der Waals surface area contributed by atoms with Crippen LogP contribution in [0.4, 0.5) is 13.2 Å². The van der Waals surface area contributed by atoms with E-state index in [1.165, 1.54) is 16.8 Å². The van der Waals surface area contributed by atoms with Gasteiger partial charge in [-0.3, -0.25) is 14.5 Å². The number of aromatic nitrogens is 1. The van der Waals surface area contributed by atoms with Crippen LogP contribution in [0.25, 0.3) is 11.3 Å². The first kappa shape index (κ1) is 24.1. The Labute approximate surface area is 197 Å². The summed E-state index contributed by atoms with van der Waals surface area (Å²) in [7, 11) is 0. The Hall–Kier alpha value is -2.06. The maximum absolute atomic E-state index is 15.7. The highest BCUT2D eigenvalue weighted by Crippen LogP contribution is 2.49. The molecule has 1 aromatic heterocycles. The Kier molecular flexibility index (Phi) is 6.53. The fourth-order valence-electron chi connectivity index (χ4n) is 4.58. The number of benzene rings is 1. The summed E-state index contributed by atoms with van der Waals surface area (Å²) in [4.78, 5) is 18.9. The van der Waals surface area contributed by atoms with Gasteiger partial charge in [-0.1, -0.05) is 37.9 Å². The average Bonchev–Trinajstić information content (AvgIpc) is 3.44. The second-order valence-corrected chi connectivity index (χ2v) is 10.6. The molecule has 0 spiro atoms. The lowest BCUT2D eigenvalue weighted by Gasteiger charge is -2.30. The van der Waals surface area contributed by atoms with Gasteiger partial charge < -0.3 is 4.90 Å². The minimum Gasteiger partial charge on any atom is -0.331 e. The van der Waals surface area contributed by atoms with Crippen molar-refractivity contribution in [3.05, 3.63) is 53.0 Å². The molecule has 0 radical (unpaired) electrons. The second kappa shape index (κ2) is 8.95. The number of carbonyl (C=O) groups is 1. The Morgan fingerprint density at radius 2 is 2.00 bits per heavy atom. The number of carbonyl (C=O) groups excluding carboxylic acids is 1. The van der Waals surface area contributed by atoms with E-state index in [-0.39, 0.29) is 12.3 Å². The fourth-order valence-corrected chi connectivity index (χ4v) is 5.26. The summed E-state index contributed by atoms with van der Waals surface area (Å²) in [6.45, 7) is 6.81. The summed E-state index contributed by atoms with van der Waals surface area (Å²) in [5.74, 6) is -3.23. The van der Waals surface area contributed by atoms with Gasteiger partial charge in [-0.15, -0.1) is 0 Å². The van der Waals surface area contributed by atoms with E-state index in [0.717, 1.165) is 11.3 Å². The molecule has 8 heteroatoms.